The van der Waals surface area contributed by atoms with Crippen molar-refractivity contribution in [1.82, 2.24) is 4.90 Å². The van der Waals surface area contributed by atoms with Crippen LogP contribution < -0.4 is 0 Å². The first kappa shape index (κ1) is 13.9. The van der Waals surface area contributed by atoms with Gasteiger partial charge in [0.15, 0.2) is 0 Å². The molecule has 0 unspecified atom stereocenters. The van der Waals surface area contributed by atoms with Crippen LogP contribution in [0.25, 0.3) is 0 Å². The normalized spacial score (nSPS) is 12.1. The number of nitrogens with zero attached hydrogens (tertiary/aromatic N) is 1. The maximum atomic E-state index is 3.86. The lowest BCUT2D eigenvalue weighted by molar-refractivity contribution is 0.313. The molecule has 0 fully saturated rings. The van der Waals surface area contributed by atoms with E-state index in [-0.39, 0.29) is 0 Å². The fourth-order valence-corrected chi connectivity index (χ4v) is 4.40. The van der Waals surface area contributed by atoms with Gasteiger partial charge in [-0.05, 0) is 38.1 Å². The van der Waals surface area contributed by atoms with Gasteiger partial charge in [-0.1, -0.05) is 33.0 Å². The van der Waals surface area contributed by atoms with Crippen LogP contribution in [0.4, 0.5) is 0 Å². The van der Waals surface area contributed by atoms with Gasteiger partial charge in [-0.2, -0.15) is 0 Å². The van der Waals surface area contributed by atoms with Crippen LogP contribution in [0.1, 0.15) is 26.7 Å². The lowest BCUT2D eigenvalue weighted by atomic mass is 10.4. The van der Waals surface area contributed by atoms with Crippen molar-refractivity contribution in [3.63, 3.8) is 0 Å². The Bertz CT molecular complexity index is 148. The minimum atomic E-state index is -1.03. The SMILES string of the molecule is C=CC[Si](C)(C)CN(CCC)CCC. The molecule has 0 saturated heterocycles. The molecule has 0 aliphatic heterocycles. The third-order valence-electron chi connectivity index (χ3n) is 2.43. The molecule has 0 bridgehead atoms. The average Bonchev–Trinajstić information content (AvgIpc) is 2.03. The van der Waals surface area contributed by atoms with Crippen molar-refractivity contribution >= 4 is 8.07 Å². The Kier molecular flexibility index (Phi) is 7.20. The summed E-state index contributed by atoms with van der Waals surface area (Å²) in [6.45, 7) is 15.9. The van der Waals surface area contributed by atoms with Crippen molar-refractivity contribution in [1.29, 1.82) is 0 Å². The summed E-state index contributed by atoms with van der Waals surface area (Å²) in [6, 6.07) is 1.25. The van der Waals surface area contributed by atoms with Gasteiger partial charge < -0.3 is 4.90 Å². The van der Waals surface area contributed by atoms with Gasteiger partial charge in [0, 0.05) is 0 Å². The van der Waals surface area contributed by atoms with Gasteiger partial charge in [0.1, 0.15) is 0 Å². The van der Waals surface area contributed by atoms with Crippen LogP contribution in [0, 0.1) is 0 Å². The summed E-state index contributed by atoms with van der Waals surface area (Å²) in [6.07, 6.45) is 5.99. The molecule has 0 aliphatic rings. The van der Waals surface area contributed by atoms with E-state index in [1.807, 2.05) is 0 Å². The molecule has 2 heteroatoms. The van der Waals surface area contributed by atoms with Gasteiger partial charge in [-0.3, -0.25) is 0 Å². The minimum absolute atomic E-state index is 1.03. The van der Waals surface area contributed by atoms with E-state index in [4.69, 9.17) is 0 Å². The maximum absolute atomic E-state index is 3.86. The molecule has 0 atom stereocenters. The molecule has 0 aromatic carbocycles. The van der Waals surface area contributed by atoms with Crippen molar-refractivity contribution in [3.8, 4) is 0 Å². The van der Waals surface area contributed by atoms with Gasteiger partial charge in [-0.25, -0.2) is 0 Å². The summed E-state index contributed by atoms with van der Waals surface area (Å²) in [5, 5.41) is 0. The highest BCUT2D eigenvalue weighted by atomic mass is 28.3. The second-order valence-corrected chi connectivity index (χ2v) is 9.99. The molecule has 0 aromatic rings. The second kappa shape index (κ2) is 7.24. The van der Waals surface area contributed by atoms with E-state index >= 15 is 0 Å². The maximum Gasteiger partial charge on any atom is 0.0666 e. The molecule has 84 valence electrons. The molecule has 0 rings (SSSR count). The van der Waals surface area contributed by atoms with Gasteiger partial charge in [-0.15, -0.1) is 6.58 Å². The topological polar surface area (TPSA) is 3.24 Å². The molecular formula is C12H27NSi. The summed E-state index contributed by atoms with van der Waals surface area (Å²) in [5.74, 6) is 0. The van der Waals surface area contributed by atoms with Crippen molar-refractivity contribution < 1.29 is 0 Å². The summed E-state index contributed by atoms with van der Waals surface area (Å²) in [4.78, 5) is 2.63. The molecule has 0 radical (unpaired) electrons. The second-order valence-electron chi connectivity index (χ2n) is 4.93. The Morgan fingerprint density at radius 2 is 1.64 bits per heavy atom. The Morgan fingerprint density at radius 1 is 1.14 bits per heavy atom. The van der Waals surface area contributed by atoms with E-state index in [0.717, 1.165) is 0 Å². The largest absolute Gasteiger partial charge is 0.306 e. The standard InChI is InChI=1S/C12H27NSi/c1-6-9-13(10-7-2)12-14(4,5)11-8-3/h8H,3,6-7,9-12H2,1-2,4-5H3. The molecule has 0 spiro atoms. The van der Waals surface area contributed by atoms with E-state index in [1.165, 1.54) is 38.1 Å². The first-order chi connectivity index (χ1) is 6.55. The molecule has 0 amide bonds. The third kappa shape index (κ3) is 6.38. The summed E-state index contributed by atoms with van der Waals surface area (Å²) in [7, 11) is -1.03. The lowest BCUT2D eigenvalue weighted by Crippen LogP contribution is -2.42. The fraction of sp³-hybridized carbons (Fsp3) is 0.833. The summed E-state index contributed by atoms with van der Waals surface area (Å²) < 4.78 is 0. The molecule has 0 aromatic heterocycles. The smallest absolute Gasteiger partial charge is 0.0666 e. The van der Waals surface area contributed by atoms with Crippen molar-refractivity contribution in [2.75, 3.05) is 19.3 Å². The first-order valence-corrected chi connectivity index (χ1v) is 9.30. The molecular weight excluding hydrogens is 186 g/mol. The zero-order valence-electron chi connectivity index (χ0n) is 10.5. The third-order valence-corrected chi connectivity index (χ3v) is 5.13. The number of hydrogen-bond donors (Lipinski definition) is 0. The molecule has 1 nitrogen and oxygen atoms in total. The van der Waals surface area contributed by atoms with Crippen LogP contribution in [0.5, 0.6) is 0 Å². The Morgan fingerprint density at radius 3 is 2.00 bits per heavy atom. The molecule has 0 N–H and O–H groups in total. The Hall–Kier alpha value is -0.0831. The zero-order valence-corrected chi connectivity index (χ0v) is 11.5. The monoisotopic (exact) mass is 213 g/mol. The van der Waals surface area contributed by atoms with Crippen molar-refractivity contribution in [2.24, 2.45) is 0 Å². The molecule has 14 heavy (non-hydrogen) atoms. The van der Waals surface area contributed by atoms with E-state index in [1.54, 1.807) is 0 Å². The van der Waals surface area contributed by atoms with Gasteiger partial charge in [0.05, 0.1) is 8.07 Å². The highest BCUT2D eigenvalue weighted by Gasteiger charge is 2.21. The quantitative estimate of drug-likeness (QED) is 0.440. The van der Waals surface area contributed by atoms with Crippen LogP contribution in [-0.2, 0) is 0 Å². The van der Waals surface area contributed by atoms with Gasteiger partial charge >= 0.3 is 0 Å². The first-order valence-electron chi connectivity index (χ1n) is 5.89. The number of hydrogen-bond acceptors (Lipinski definition) is 1. The molecule has 0 heterocycles. The predicted octanol–water partition coefficient (Wildman–Crippen LogP) is 3.54. The highest BCUT2D eigenvalue weighted by Crippen LogP contribution is 2.12. The van der Waals surface area contributed by atoms with E-state index < -0.39 is 8.07 Å². The number of allylic oxidation sites excluding steroid dienone is 1. The number of rotatable bonds is 8. The van der Waals surface area contributed by atoms with Crippen LogP contribution in [0.3, 0.4) is 0 Å². The van der Waals surface area contributed by atoms with Gasteiger partial charge in [0.25, 0.3) is 0 Å². The Balaban J connectivity index is 4.04. The average molecular weight is 213 g/mol. The van der Waals surface area contributed by atoms with E-state index in [9.17, 15) is 0 Å². The predicted molar refractivity (Wildman–Crippen MR) is 69.5 cm³/mol. The molecule has 0 saturated carbocycles. The van der Waals surface area contributed by atoms with Crippen molar-refractivity contribution in [3.05, 3.63) is 12.7 Å². The lowest BCUT2D eigenvalue weighted by Gasteiger charge is -2.30. The highest BCUT2D eigenvalue weighted by molar-refractivity contribution is 6.77. The zero-order chi connectivity index (χ0) is 11.0. The van der Waals surface area contributed by atoms with Crippen LogP contribution in [0.15, 0.2) is 12.7 Å². The van der Waals surface area contributed by atoms with Crippen LogP contribution in [-0.4, -0.2) is 32.2 Å². The van der Waals surface area contributed by atoms with Crippen LogP contribution >= 0.6 is 0 Å². The van der Waals surface area contributed by atoms with Gasteiger partial charge in [0.2, 0.25) is 0 Å². The fourth-order valence-electron chi connectivity index (χ4n) is 1.96. The summed E-state index contributed by atoms with van der Waals surface area (Å²) in [5.41, 5.74) is 0. The molecule has 0 aliphatic carbocycles. The Labute approximate surface area is 91.2 Å². The summed E-state index contributed by atoms with van der Waals surface area (Å²) >= 11 is 0. The van der Waals surface area contributed by atoms with Crippen LogP contribution in [0.2, 0.25) is 19.1 Å². The minimum Gasteiger partial charge on any atom is -0.306 e. The van der Waals surface area contributed by atoms with Crippen molar-refractivity contribution in [2.45, 2.75) is 45.8 Å². The van der Waals surface area contributed by atoms with E-state index in [0.29, 0.717) is 0 Å². The van der Waals surface area contributed by atoms with E-state index in [2.05, 4.69) is 44.5 Å².